The Kier molecular flexibility index (Phi) is 6.36. The molecule has 102 valence electrons. The molecule has 0 aliphatic carbocycles. The highest BCUT2D eigenvalue weighted by Gasteiger charge is 2.14. The first-order chi connectivity index (χ1) is 8.48. The molecule has 1 aromatic rings. The van der Waals surface area contributed by atoms with Gasteiger partial charge in [0, 0.05) is 11.1 Å². The zero-order valence-corrected chi connectivity index (χ0v) is 13.4. The van der Waals surface area contributed by atoms with Gasteiger partial charge >= 0.3 is 0 Å². The first-order valence-electron chi connectivity index (χ1n) is 6.29. The van der Waals surface area contributed by atoms with Gasteiger partial charge < -0.3 is 0 Å². The van der Waals surface area contributed by atoms with E-state index < -0.39 is 9.84 Å². The van der Waals surface area contributed by atoms with E-state index >= 15 is 0 Å². The van der Waals surface area contributed by atoms with Crippen LogP contribution in [0.3, 0.4) is 0 Å². The number of aryl methyl sites for hydroxylation is 1. The molecule has 0 fully saturated rings. The van der Waals surface area contributed by atoms with Crippen molar-refractivity contribution < 1.29 is 8.42 Å². The van der Waals surface area contributed by atoms with Crippen LogP contribution in [-0.4, -0.2) is 25.3 Å². The van der Waals surface area contributed by atoms with Gasteiger partial charge in [0.15, 0.2) is 0 Å². The third-order valence-electron chi connectivity index (χ3n) is 3.26. The minimum atomic E-state index is -2.85. The van der Waals surface area contributed by atoms with E-state index in [0.29, 0.717) is 11.7 Å². The lowest BCUT2D eigenvalue weighted by Gasteiger charge is -2.15. The number of hydrogen-bond acceptors (Lipinski definition) is 2. The van der Waals surface area contributed by atoms with Crippen LogP contribution in [-0.2, 0) is 16.3 Å². The van der Waals surface area contributed by atoms with E-state index in [9.17, 15) is 8.42 Å². The maximum Gasteiger partial charge on any atom is 0.150 e. The fourth-order valence-corrected chi connectivity index (χ4v) is 3.41. The molecule has 1 unspecified atom stereocenters. The molecule has 18 heavy (non-hydrogen) atoms. The largest absolute Gasteiger partial charge is 0.229 e. The van der Waals surface area contributed by atoms with Gasteiger partial charge in [-0.2, -0.15) is 0 Å². The number of rotatable bonds is 7. The van der Waals surface area contributed by atoms with E-state index in [-0.39, 0.29) is 5.75 Å². The van der Waals surface area contributed by atoms with Crippen LogP contribution >= 0.6 is 15.9 Å². The lowest BCUT2D eigenvalue weighted by atomic mass is 9.96. The van der Waals surface area contributed by atoms with Crippen LogP contribution in [0.15, 0.2) is 24.3 Å². The highest BCUT2D eigenvalue weighted by Crippen LogP contribution is 2.18. The average molecular weight is 333 g/mol. The fourth-order valence-electron chi connectivity index (χ4n) is 1.87. The zero-order valence-electron chi connectivity index (χ0n) is 11.0. The molecule has 2 nitrogen and oxygen atoms in total. The van der Waals surface area contributed by atoms with Gasteiger partial charge in [-0.15, -0.1) is 0 Å². The molecule has 0 radical (unpaired) electrons. The second-order valence-electron chi connectivity index (χ2n) is 4.68. The number of benzene rings is 1. The van der Waals surface area contributed by atoms with Gasteiger partial charge in [0.25, 0.3) is 0 Å². The van der Waals surface area contributed by atoms with Crippen LogP contribution in [0.4, 0.5) is 0 Å². The number of sulfone groups is 1. The van der Waals surface area contributed by atoms with Crippen molar-refractivity contribution in [2.45, 2.75) is 26.7 Å². The van der Waals surface area contributed by atoms with Crippen molar-refractivity contribution in [1.82, 2.24) is 0 Å². The maximum atomic E-state index is 11.5. The number of alkyl halides is 1. The predicted octanol–water partition coefficient (Wildman–Crippen LogP) is 3.37. The van der Waals surface area contributed by atoms with Crippen molar-refractivity contribution in [3.05, 3.63) is 35.4 Å². The van der Waals surface area contributed by atoms with Crippen LogP contribution in [0.5, 0.6) is 0 Å². The molecule has 0 bridgehead atoms. The Morgan fingerprint density at radius 1 is 1.28 bits per heavy atom. The molecule has 4 heteroatoms. The van der Waals surface area contributed by atoms with E-state index in [1.54, 1.807) is 6.92 Å². The van der Waals surface area contributed by atoms with Gasteiger partial charge in [-0.05, 0) is 36.8 Å². The molecular formula is C14H21BrO2S. The Morgan fingerprint density at radius 3 is 2.50 bits per heavy atom. The summed E-state index contributed by atoms with van der Waals surface area (Å²) in [5.41, 5.74) is 2.60. The molecule has 0 aromatic heterocycles. The minimum absolute atomic E-state index is 0.242. The maximum absolute atomic E-state index is 11.5. The summed E-state index contributed by atoms with van der Waals surface area (Å²) in [4.78, 5) is 0. The first kappa shape index (κ1) is 15.7. The molecule has 0 saturated carbocycles. The molecule has 0 spiro atoms. The summed E-state index contributed by atoms with van der Waals surface area (Å²) < 4.78 is 23.0. The monoisotopic (exact) mass is 332 g/mol. The van der Waals surface area contributed by atoms with Crippen LogP contribution in [0.2, 0.25) is 0 Å². The van der Waals surface area contributed by atoms with E-state index in [0.717, 1.165) is 18.2 Å². The Bertz CT molecular complexity index is 468. The first-order valence-corrected chi connectivity index (χ1v) is 9.23. The second-order valence-corrected chi connectivity index (χ2v) is 7.80. The molecule has 0 aliphatic rings. The summed E-state index contributed by atoms with van der Waals surface area (Å²) in [5.74, 6) is 0.922. The number of hydrogen-bond donors (Lipinski definition) is 0. The summed E-state index contributed by atoms with van der Waals surface area (Å²) >= 11 is 3.49. The van der Waals surface area contributed by atoms with Crippen LogP contribution < -0.4 is 0 Å². The molecule has 0 N–H and O–H groups in total. The molecule has 1 aromatic carbocycles. The molecule has 0 aliphatic heterocycles. The topological polar surface area (TPSA) is 34.1 Å². The standard InChI is InChI=1S/C14H21BrO2S/c1-3-18(16,17)9-8-13(11-15)10-14-7-5-4-6-12(14)2/h4-7,13H,3,8-11H2,1-2H3. The van der Waals surface area contributed by atoms with Crippen molar-refractivity contribution in [2.24, 2.45) is 5.92 Å². The van der Waals surface area contributed by atoms with Gasteiger partial charge in [-0.3, -0.25) is 0 Å². The molecule has 1 atom stereocenters. The van der Waals surface area contributed by atoms with Crippen molar-refractivity contribution in [3.63, 3.8) is 0 Å². The fraction of sp³-hybridized carbons (Fsp3) is 0.571. The molecule has 0 saturated heterocycles. The lowest BCUT2D eigenvalue weighted by molar-refractivity contribution is 0.552. The SMILES string of the molecule is CCS(=O)(=O)CCC(CBr)Cc1ccccc1C. The molecule has 0 heterocycles. The second kappa shape index (κ2) is 7.29. The Labute approximate surface area is 119 Å². The summed E-state index contributed by atoms with van der Waals surface area (Å²) in [6, 6.07) is 8.29. The van der Waals surface area contributed by atoms with E-state index in [4.69, 9.17) is 0 Å². The van der Waals surface area contributed by atoms with Crippen LogP contribution in [0.1, 0.15) is 24.5 Å². The van der Waals surface area contributed by atoms with Gasteiger partial charge in [-0.25, -0.2) is 8.42 Å². The zero-order chi connectivity index (χ0) is 13.6. The van der Waals surface area contributed by atoms with E-state index in [1.165, 1.54) is 11.1 Å². The van der Waals surface area contributed by atoms with Crippen LogP contribution in [0, 0.1) is 12.8 Å². The summed E-state index contributed by atoms with van der Waals surface area (Å²) in [5, 5.41) is 0.848. The van der Waals surface area contributed by atoms with Crippen molar-refractivity contribution >= 4 is 25.8 Å². The van der Waals surface area contributed by atoms with Crippen molar-refractivity contribution in [2.75, 3.05) is 16.8 Å². The highest BCUT2D eigenvalue weighted by atomic mass is 79.9. The molecule has 1 rings (SSSR count). The third kappa shape index (κ3) is 5.11. The van der Waals surface area contributed by atoms with Gasteiger partial charge in [0.1, 0.15) is 9.84 Å². The van der Waals surface area contributed by atoms with E-state index in [2.05, 4.69) is 35.0 Å². The van der Waals surface area contributed by atoms with Gasteiger partial charge in [-0.1, -0.05) is 47.1 Å². The normalized spacial score (nSPS) is 13.5. The molecule has 0 amide bonds. The summed E-state index contributed by atoms with van der Waals surface area (Å²) in [6.07, 6.45) is 1.67. The minimum Gasteiger partial charge on any atom is -0.229 e. The highest BCUT2D eigenvalue weighted by molar-refractivity contribution is 9.09. The number of halogens is 1. The van der Waals surface area contributed by atoms with Crippen molar-refractivity contribution in [3.8, 4) is 0 Å². The predicted molar refractivity (Wildman–Crippen MR) is 81.1 cm³/mol. The third-order valence-corrected chi connectivity index (χ3v) is 5.92. The summed E-state index contributed by atoms with van der Waals surface area (Å²) in [6.45, 7) is 3.81. The Morgan fingerprint density at radius 2 is 1.94 bits per heavy atom. The Balaban J connectivity index is 2.61. The van der Waals surface area contributed by atoms with Crippen molar-refractivity contribution in [1.29, 1.82) is 0 Å². The van der Waals surface area contributed by atoms with E-state index in [1.807, 2.05) is 12.1 Å². The molecular weight excluding hydrogens is 312 g/mol. The summed E-state index contributed by atoms with van der Waals surface area (Å²) in [7, 11) is -2.85. The quantitative estimate of drug-likeness (QED) is 0.717. The van der Waals surface area contributed by atoms with Crippen LogP contribution in [0.25, 0.3) is 0 Å². The van der Waals surface area contributed by atoms with Gasteiger partial charge in [0.05, 0.1) is 5.75 Å². The Hall–Kier alpha value is -0.350. The van der Waals surface area contributed by atoms with Gasteiger partial charge in [0.2, 0.25) is 0 Å². The average Bonchev–Trinajstić information content (AvgIpc) is 2.36. The smallest absolute Gasteiger partial charge is 0.150 e. The lowest BCUT2D eigenvalue weighted by Crippen LogP contribution is -2.16.